The van der Waals surface area contributed by atoms with Gasteiger partial charge in [0.15, 0.2) is 0 Å². The van der Waals surface area contributed by atoms with Crippen molar-refractivity contribution < 1.29 is 15.6 Å². The second-order valence-corrected chi connectivity index (χ2v) is 4.76. The third-order valence-corrected chi connectivity index (χ3v) is 3.11. The lowest BCUT2D eigenvalue weighted by Gasteiger charge is -2.10. The topological polar surface area (TPSA) is 79.8 Å². The van der Waals surface area contributed by atoms with Crippen molar-refractivity contribution in [3.8, 4) is 0 Å². The molecule has 104 valence electrons. The molecule has 4 heteroatoms. The van der Waals surface area contributed by atoms with E-state index in [1.807, 2.05) is 42.5 Å². The van der Waals surface area contributed by atoms with E-state index in [2.05, 4.69) is 23.2 Å². The minimum Gasteiger partial charge on any atom is -0.544 e. The van der Waals surface area contributed by atoms with Gasteiger partial charge >= 0.3 is 0 Å². The minimum absolute atomic E-state index is 0.390. The summed E-state index contributed by atoms with van der Waals surface area (Å²) in [6.07, 6.45) is 0.390. The number of rotatable bonds is 6. The third-order valence-electron chi connectivity index (χ3n) is 3.11. The highest BCUT2D eigenvalue weighted by Gasteiger charge is 2.08. The van der Waals surface area contributed by atoms with E-state index in [9.17, 15) is 9.90 Å². The fourth-order valence-electron chi connectivity index (χ4n) is 1.93. The van der Waals surface area contributed by atoms with E-state index in [1.54, 1.807) is 0 Å². The van der Waals surface area contributed by atoms with E-state index < -0.39 is 12.0 Å². The zero-order chi connectivity index (χ0) is 14.4. The van der Waals surface area contributed by atoms with Crippen LogP contribution in [-0.2, 0) is 17.8 Å². The SMILES string of the molecule is [NH3+][C@@H](Cc1ccc(NCc2ccccc2)cc1)C(=O)[O-]. The Morgan fingerprint density at radius 1 is 1.05 bits per heavy atom. The number of carboxylic acid groups (broad SMARTS) is 1. The van der Waals surface area contributed by atoms with Gasteiger partial charge in [-0.25, -0.2) is 0 Å². The van der Waals surface area contributed by atoms with E-state index in [1.165, 1.54) is 5.56 Å². The van der Waals surface area contributed by atoms with Gasteiger partial charge < -0.3 is 21.0 Å². The zero-order valence-electron chi connectivity index (χ0n) is 11.2. The average molecular weight is 270 g/mol. The van der Waals surface area contributed by atoms with Crippen LogP contribution in [0.3, 0.4) is 0 Å². The summed E-state index contributed by atoms with van der Waals surface area (Å²) in [5.41, 5.74) is 6.72. The summed E-state index contributed by atoms with van der Waals surface area (Å²) >= 11 is 0. The van der Waals surface area contributed by atoms with Crippen LogP contribution in [0.4, 0.5) is 5.69 Å². The number of carbonyl (C=O) groups excluding carboxylic acids is 1. The molecule has 0 unspecified atom stereocenters. The van der Waals surface area contributed by atoms with Gasteiger partial charge in [0, 0.05) is 18.7 Å². The van der Waals surface area contributed by atoms with Crippen LogP contribution >= 0.6 is 0 Å². The molecule has 4 N–H and O–H groups in total. The lowest BCUT2D eigenvalue weighted by molar-refractivity contribution is -0.437. The Labute approximate surface area is 118 Å². The highest BCUT2D eigenvalue weighted by atomic mass is 16.4. The molecular formula is C16H18N2O2. The fraction of sp³-hybridized carbons (Fsp3) is 0.188. The van der Waals surface area contributed by atoms with Crippen molar-refractivity contribution >= 4 is 11.7 Å². The van der Waals surface area contributed by atoms with Gasteiger partial charge in [0.2, 0.25) is 0 Å². The van der Waals surface area contributed by atoms with Crippen LogP contribution < -0.4 is 16.2 Å². The summed E-state index contributed by atoms with van der Waals surface area (Å²) in [4.78, 5) is 10.6. The van der Waals surface area contributed by atoms with Crippen LogP contribution in [0, 0.1) is 0 Å². The van der Waals surface area contributed by atoms with Crippen LogP contribution in [-0.4, -0.2) is 12.0 Å². The molecule has 20 heavy (non-hydrogen) atoms. The highest BCUT2D eigenvalue weighted by Crippen LogP contribution is 2.12. The molecule has 0 aromatic heterocycles. The zero-order valence-corrected chi connectivity index (χ0v) is 11.2. The molecule has 4 nitrogen and oxygen atoms in total. The largest absolute Gasteiger partial charge is 0.544 e. The highest BCUT2D eigenvalue weighted by molar-refractivity contribution is 5.69. The third kappa shape index (κ3) is 4.10. The number of quaternary nitrogens is 1. The second kappa shape index (κ2) is 6.73. The minimum atomic E-state index is -1.11. The van der Waals surface area contributed by atoms with Crippen molar-refractivity contribution in [2.24, 2.45) is 0 Å². The Balaban J connectivity index is 1.90. The molecule has 0 heterocycles. The summed E-state index contributed by atoms with van der Waals surface area (Å²) in [5.74, 6) is -1.11. The molecule has 2 rings (SSSR count). The molecule has 0 spiro atoms. The van der Waals surface area contributed by atoms with Crippen LogP contribution in [0.2, 0.25) is 0 Å². The predicted octanol–water partition coefficient (Wildman–Crippen LogP) is 0.202. The maximum atomic E-state index is 10.6. The molecule has 2 aromatic rings. The molecule has 1 atom stereocenters. The van der Waals surface area contributed by atoms with Crippen LogP contribution in [0.15, 0.2) is 54.6 Å². The standard InChI is InChI=1S/C16H18N2O2/c17-15(16(19)20)10-12-6-8-14(9-7-12)18-11-13-4-2-1-3-5-13/h1-9,15,18H,10-11,17H2,(H,19,20)/t15-/m0/s1. The molecule has 0 radical (unpaired) electrons. The molecule has 2 aromatic carbocycles. The van der Waals surface area contributed by atoms with E-state index in [0.717, 1.165) is 17.8 Å². The lowest BCUT2D eigenvalue weighted by atomic mass is 10.1. The Hall–Kier alpha value is -2.33. The van der Waals surface area contributed by atoms with Crippen LogP contribution in [0.5, 0.6) is 0 Å². The van der Waals surface area contributed by atoms with Crippen LogP contribution in [0.1, 0.15) is 11.1 Å². The van der Waals surface area contributed by atoms with Gasteiger partial charge in [-0.2, -0.15) is 0 Å². The number of anilines is 1. The maximum absolute atomic E-state index is 10.6. The molecule has 0 aliphatic rings. The van der Waals surface area contributed by atoms with Crippen molar-refractivity contribution in [3.63, 3.8) is 0 Å². The molecule has 0 amide bonds. The van der Waals surface area contributed by atoms with Gasteiger partial charge in [-0.1, -0.05) is 42.5 Å². The van der Waals surface area contributed by atoms with Gasteiger partial charge in [0.25, 0.3) is 0 Å². The first-order valence-electron chi connectivity index (χ1n) is 6.56. The number of benzene rings is 2. The van der Waals surface area contributed by atoms with Crippen molar-refractivity contribution in [2.45, 2.75) is 19.0 Å². The van der Waals surface area contributed by atoms with Gasteiger partial charge in [-0.3, -0.25) is 0 Å². The molecule has 0 saturated carbocycles. The van der Waals surface area contributed by atoms with E-state index >= 15 is 0 Å². The first-order chi connectivity index (χ1) is 9.65. The van der Waals surface area contributed by atoms with Gasteiger partial charge in [-0.05, 0) is 23.3 Å². The number of nitrogens with one attached hydrogen (secondary N) is 1. The molecule has 0 fully saturated rings. The van der Waals surface area contributed by atoms with Gasteiger partial charge in [0.05, 0.1) is 5.97 Å². The summed E-state index contributed by atoms with van der Waals surface area (Å²) in [7, 11) is 0. The smallest absolute Gasteiger partial charge is 0.129 e. The Bertz CT molecular complexity index is 552. The first-order valence-corrected chi connectivity index (χ1v) is 6.56. The quantitative estimate of drug-likeness (QED) is 0.787. The van der Waals surface area contributed by atoms with Gasteiger partial charge in [0.1, 0.15) is 6.04 Å². The van der Waals surface area contributed by atoms with Crippen LogP contribution in [0.25, 0.3) is 0 Å². The summed E-state index contributed by atoms with van der Waals surface area (Å²) in [5, 5.41) is 14.0. The Morgan fingerprint density at radius 2 is 1.70 bits per heavy atom. The lowest BCUT2D eigenvalue weighted by Crippen LogP contribution is -2.69. The summed E-state index contributed by atoms with van der Waals surface area (Å²) in [6, 6.07) is 17.1. The number of carboxylic acids is 1. The average Bonchev–Trinajstić information content (AvgIpc) is 2.47. The Morgan fingerprint density at radius 3 is 2.30 bits per heavy atom. The first kappa shape index (κ1) is 14.1. The maximum Gasteiger partial charge on any atom is 0.129 e. The summed E-state index contributed by atoms with van der Waals surface area (Å²) < 4.78 is 0. The van der Waals surface area contributed by atoms with Crippen molar-refractivity contribution in [1.29, 1.82) is 0 Å². The van der Waals surface area contributed by atoms with Gasteiger partial charge in [-0.15, -0.1) is 0 Å². The monoisotopic (exact) mass is 270 g/mol. The normalized spacial score (nSPS) is 11.8. The number of carbonyl (C=O) groups is 1. The second-order valence-electron chi connectivity index (χ2n) is 4.76. The Kier molecular flexibility index (Phi) is 4.74. The summed E-state index contributed by atoms with van der Waals surface area (Å²) in [6.45, 7) is 0.761. The number of aliphatic carboxylic acids is 1. The molecule has 0 aliphatic heterocycles. The van der Waals surface area contributed by atoms with E-state index in [0.29, 0.717) is 6.42 Å². The van der Waals surface area contributed by atoms with E-state index in [4.69, 9.17) is 0 Å². The predicted molar refractivity (Wildman–Crippen MR) is 75.6 cm³/mol. The molecule has 0 saturated heterocycles. The molecule has 0 bridgehead atoms. The number of hydrogen-bond donors (Lipinski definition) is 2. The van der Waals surface area contributed by atoms with Crippen molar-refractivity contribution in [2.75, 3.05) is 5.32 Å². The molecular weight excluding hydrogens is 252 g/mol. The molecule has 0 aliphatic carbocycles. The number of hydrogen-bond acceptors (Lipinski definition) is 3. The van der Waals surface area contributed by atoms with Crippen molar-refractivity contribution in [1.82, 2.24) is 0 Å². The van der Waals surface area contributed by atoms with E-state index in [-0.39, 0.29) is 0 Å². The van der Waals surface area contributed by atoms with Crippen molar-refractivity contribution in [3.05, 3.63) is 65.7 Å². The fourth-order valence-corrected chi connectivity index (χ4v) is 1.93.